The SMILES string of the molecule is Cc1noc(C)c1CSc1ncccc1C(=O)OCc1ccc(OC(F)(F)F)cc1. The van der Waals surface area contributed by atoms with E-state index in [1.165, 1.54) is 23.9 Å². The predicted molar refractivity (Wildman–Crippen MR) is 102 cm³/mol. The standard InChI is InChI=1S/C20H17F3N2O4S/c1-12-17(13(2)29-25-12)11-30-18-16(4-3-9-24-18)19(26)27-10-14-5-7-15(8-6-14)28-20(21,22)23/h3-9H,10-11H2,1-2H3. The number of benzene rings is 1. The van der Waals surface area contributed by atoms with Crippen LogP contribution in [0.2, 0.25) is 0 Å². The number of hydrogen-bond acceptors (Lipinski definition) is 7. The Morgan fingerprint density at radius 3 is 2.53 bits per heavy atom. The Morgan fingerprint density at radius 1 is 1.17 bits per heavy atom. The molecule has 3 rings (SSSR count). The van der Waals surface area contributed by atoms with Gasteiger partial charge in [-0.3, -0.25) is 0 Å². The first-order valence-electron chi connectivity index (χ1n) is 8.74. The minimum Gasteiger partial charge on any atom is -0.457 e. The molecule has 2 aromatic heterocycles. The fourth-order valence-electron chi connectivity index (χ4n) is 2.52. The molecule has 1 aromatic carbocycles. The van der Waals surface area contributed by atoms with Crippen molar-refractivity contribution in [2.45, 2.75) is 37.6 Å². The molecule has 0 spiro atoms. The molecular formula is C20H17F3N2O4S. The number of halogens is 3. The van der Waals surface area contributed by atoms with E-state index < -0.39 is 12.3 Å². The van der Waals surface area contributed by atoms with Crippen LogP contribution in [0.3, 0.4) is 0 Å². The molecule has 0 saturated carbocycles. The number of hydrogen-bond donors (Lipinski definition) is 0. The number of aryl methyl sites for hydroxylation is 2. The number of nitrogens with zero attached hydrogens (tertiary/aromatic N) is 2. The maximum atomic E-state index is 12.5. The third-order valence-corrected chi connectivity index (χ3v) is 5.08. The van der Waals surface area contributed by atoms with Crippen LogP contribution in [-0.2, 0) is 17.1 Å². The summed E-state index contributed by atoms with van der Waals surface area (Å²) in [7, 11) is 0. The average molecular weight is 438 g/mol. The lowest BCUT2D eigenvalue weighted by molar-refractivity contribution is -0.274. The largest absolute Gasteiger partial charge is 0.573 e. The lowest BCUT2D eigenvalue weighted by atomic mass is 10.2. The Hall–Kier alpha value is -3.01. The number of thioether (sulfide) groups is 1. The first kappa shape index (κ1) is 21.7. The topological polar surface area (TPSA) is 74.5 Å². The smallest absolute Gasteiger partial charge is 0.457 e. The normalized spacial score (nSPS) is 11.4. The summed E-state index contributed by atoms with van der Waals surface area (Å²) in [4.78, 5) is 16.8. The van der Waals surface area contributed by atoms with E-state index in [-0.39, 0.29) is 12.4 Å². The molecule has 10 heteroatoms. The highest BCUT2D eigenvalue weighted by Crippen LogP contribution is 2.28. The van der Waals surface area contributed by atoms with Gasteiger partial charge in [-0.2, -0.15) is 0 Å². The van der Waals surface area contributed by atoms with E-state index in [0.717, 1.165) is 23.4 Å². The Kier molecular flexibility index (Phi) is 6.66. The van der Waals surface area contributed by atoms with E-state index in [2.05, 4.69) is 14.9 Å². The van der Waals surface area contributed by atoms with Crippen molar-refractivity contribution in [3.63, 3.8) is 0 Å². The molecule has 0 bridgehead atoms. The summed E-state index contributed by atoms with van der Waals surface area (Å²) >= 11 is 1.36. The van der Waals surface area contributed by atoms with E-state index >= 15 is 0 Å². The summed E-state index contributed by atoms with van der Waals surface area (Å²) in [5, 5.41) is 4.40. The monoisotopic (exact) mass is 438 g/mol. The van der Waals surface area contributed by atoms with Crippen LogP contribution in [0.4, 0.5) is 13.2 Å². The highest BCUT2D eigenvalue weighted by atomic mass is 32.2. The molecule has 0 radical (unpaired) electrons. The quantitative estimate of drug-likeness (QED) is 0.369. The number of esters is 1. The van der Waals surface area contributed by atoms with Crippen LogP contribution in [0.25, 0.3) is 0 Å². The summed E-state index contributed by atoms with van der Waals surface area (Å²) in [5.74, 6) is 0.305. The molecule has 3 aromatic rings. The van der Waals surface area contributed by atoms with E-state index in [4.69, 9.17) is 9.26 Å². The van der Waals surface area contributed by atoms with Gasteiger partial charge in [0.1, 0.15) is 23.1 Å². The number of rotatable bonds is 7. The van der Waals surface area contributed by atoms with Gasteiger partial charge in [0, 0.05) is 17.5 Å². The maximum Gasteiger partial charge on any atom is 0.573 e. The summed E-state index contributed by atoms with van der Waals surface area (Å²) in [5.41, 5.74) is 2.53. The predicted octanol–water partition coefficient (Wildman–Crippen LogP) is 5.23. The van der Waals surface area contributed by atoms with Crippen LogP contribution in [0.15, 0.2) is 52.1 Å². The van der Waals surface area contributed by atoms with Gasteiger partial charge in [0.25, 0.3) is 0 Å². The van der Waals surface area contributed by atoms with Crippen LogP contribution in [0.5, 0.6) is 5.75 Å². The highest BCUT2D eigenvalue weighted by Gasteiger charge is 2.31. The molecule has 6 nitrogen and oxygen atoms in total. The minimum atomic E-state index is -4.76. The number of aromatic nitrogens is 2. The van der Waals surface area contributed by atoms with Crippen molar-refractivity contribution in [2.24, 2.45) is 0 Å². The maximum absolute atomic E-state index is 12.5. The Balaban J connectivity index is 1.62. The zero-order valence-corrected chi connectivity index (χ0v) is 16.8. The summed E-state index contributed by atoms with van der Waals surface area (Å²) in [6.45, 7) is 3.55. The Labute approximate surface area is 174 Å². The van der Waals surface area contributed by atoms with E-state index in [0.29, 0.717) is 27.7 Å². The molecule has 0 unspecified atom stereocenters. The zero-order valence-electron chi connectivity index (χ0n) is 16.0. The van der Waals surface area contributed by atoms with Crippen molar-refractivity contribution in [1.82, 2.24) is 10.1 Å². The first-order chi connectivity index (χ1) is 14.2. The molecule has 2 heterocycles. The van der Waals surface area contributed by atoms with E-state index in [9.17, 15) is 18.0 Å². The molecule has 0 fully saturated rings. The number of ether oxygens (including phenoxy) is 2. The zero-order chi connectivity index (χ0) is 21.7. The lowest BCUT2D eigenvalue weighted by Gasteiger charge is -2.10. The van der Waals surface area contributed by atoms with Gasteiger partial charge >= 0.3 is 12.3 Å². The van der Waals surface area contributed by atoms with Gasteiger partial charge in [0.05, 0.1) is 11.3 Å². The molecule has 30 heavy (non-hydrogen) atoms. The van der Waals surface area contributed by atoms with Crippen LogP contribution in [-0.4, -0.2) is 22.5 Å². The summed E-state index contributed by atoms with van der Waals surface area (Å²) in [6.07, 6.45) is -3.18. The van der Waals surface area contributed by atoms with Crippen molar-refractivity contribution in [2.75, 3.05) is 0 Å². The van der Waals surface area contributed by atoms with Gasteiger partial charge in [0.15, 0.2) is 0 Å². The molecule has 0 aliphatic rings. The molecular weight excluding hydrogens is 421 g/mol. The second-order valence-corrected chi connectivity index (χ2v) is 7.18. The number of carbonyl (C=O) groups is 1. The number of alkyl halides is 3. The third kappa shape index (κ3) is 5.76. The lowest BCUT2D eigenvalue weighted by Crippen LogP contribution is -2.17. The molecule has 158 valence electrons. The van der Waals surface area contributed by atoms with Gasteiger partial charge in [-0.25, -0.2) is 9.78 Å². The van der Waals surface area contributed by atoms with Gasteiger partial charge in [-0.05, 0) is 43.7 Å². The van der Waals surface area contributed by atoms with Gasteiger partial charge in [-0.1, -0.05) is 17.3 Å². The van der Waals surface area contributed by atoms with Crippen molar-refractivity contribution >= 4 is 17.7 Å². The molecule has 0 amide bonds. The van der Waals surface area contributed by atoms with Crippen LogP contribution in [0, 0.1) is 13.8 Å². The number of pyridine rings is 1. The van der Waals surface area contributed by atoms with Crippen molar-refractivity contribution in [1.29, 1.82) is 0 Å². The molecule has 0 aliphatic heterocycles. The van der Waals surface area contributed by atoms with Crippen molar-refractivity contribution in [3.8, 4) is 5.75 Å². The third-order valence-electron chi connectivity index (χ3n) is 4.05. The van der Waals surface area contributed by atoms with Gasteiger partial charge in [-0.15, -0.1) is 24.9 Å². The van der Waals surface area contributed by atoms with Crippen molar-refractivity contribution in [3.05, 3.63) is 70.7 Å². The molecule has 0 atom stereocenters. The van der Waals surface area contributed by atoms with E-state index in [1.807, 2.05) is 13.8 Å². The second-order valence-electron chi connectivity index (χ2n) is 6.22. The summed E-state index contributed by atoms with van der Waals surface area (Å²) in [6, 6.07) is 8.33. The fraction of sp³-hybridized carbons (Fsp3) is 0.250. The van der Waals surface area contributed by atoms with Crippen LogP contribution in [0.1, 0.15) is 32.9 Å². The van der Waals surface area contributed by atoms with Crippen LogP contribution >= 0.6 is 11.8 Å². The van der Waals surface area contributed by atoms with Gasteiger partial charge in [0.2, 0.25) is 0 Å². The summed E-state index contributed by atoms with van der Waals surface area (Å²) < 4.78 is 50.9. The fourth-order valence-corrected chi connectivity index (χ4v) is 3.66. The van der Waals surface area contributed by atoms with Crippen LogP contribution < -0.4 is 4.74 Å². The number of carbonyl (C=O) groups excluding carboxylic acids is 1. The highest BCUT2D eigenvalue weighted by molar-refractivity contribution is 7.98. The minimum absolute atomic E-state index is 0.103. The first-order valence-corrected chi connectivity index (χ1v) is 9.73. The van der Waals surface area contributed by atoms with Crippen molar-refractivity contribution < 1.29 is 32.0 Å². The second kappa shape index (κ2) is 9.21. The van der Waals surface area contributed by atoms with Gasteiger partial charge < -0.3 is 14.0 Å². The Morgan fingerprint density at radius 2 is 1.90 bits per heavy atom. The average Bonchev–Trinajstić information content (AvgIpc) is 3.02. The molecule has 0 N–H and O–H groups in total. The Bertz CT molecular complexity index is 1000. The van der Waals surface area contributed by atoms with E-state index in [1.54, 1.807) is 18.3 Å². The molecule has 0 aliphatic carbocycles. The molecule has 0 saturated heterocycles.